The molecule has 0 aliphatic carbocycles. The van der Waals surface area contributed by atoms with Gasteiger partial charge in [0.2, 0.25) is 0 Å². The highest BCUT2D eigenvalue weighted by atomic mass is 16.6. The van der Waals surface area contributed by atoms with Crippen LogP contribution in [0.1, 0.15) is 207 Å². The first-order chi connectivity index (χ1) is 31.5. The Morgan fingerprint density at radius 3 is 0.969 bits per heavy atom. The number of hydrogen-bond acceptors (Lipinski definition) is 6. The number of carbonyl (C=O) groups excluding carboxylic acids is 3. The van der Waals surface area contributed by atoms with Crippen molar-refractivity contribution in [1.82, 2.24) is 0 Å². The SMILES string of the molecule is CC/C=C\C/C=C\C/C=C\C/C=C\C/C=C\CCCCCCCC(=O)OCC(COC(=O)CCCCCCCC)OC(=O)CCCCC/C=C\C/C=C\C/C=C\C/C=C\C/C=C\CC. The maximum absolute atomic E-state index is 12.7. The monoisotopic (exact) mass is 885 g/mol. The fourth-order valence-electron chi connectivity index (χ4n) is 6.43. The summed E-state index contributed by atoms with van der Waals surface area (Å²) in [6.45, 7) is 6.28. The van der Waals surface area contributed by atoms with Crippen molar-refractivity contribution in [2.45, 2.75) is 213 Å². The molecule has 0 aliphatic rings. The average Bonchev–Trinajstić information content (AvgIpc) is 3.29. The quantitative estimate of drug-likeness (QED) is 0.0262. The van der Waals surface area contributed by atoms with Crippen molar-refractivity contribution in [3.8, 4) is 0 Å². The van der Waals surface area contributed by atoms with Crippen LogP contribution in [-0.2, 0) is 28.6 Å². The molecule has 360 valence electrons. The maximum Gasteiger partial charge on any atom is 0.306 e. The molecule has 0 saturated heterocycles. The second-order valence-electron chi connectivity index (χ2n) is 16.3. The van der Waals surface area contributed by atoms with Crippen molar-refractivity contribution in [3.05, 3.63) is 122 Å². The Bertz CT molecular complexity index is 1390. The van der Waals surface area contributed by atoms with E-state index in [-0.39, 0.29) is 37.5 Å². The molecule has 0 aromatic carbocycles. The Morgan fingerprint density at radius 2 is 0.609 bits per heavy atom. The van der Waals surface area contributed by atoms with Crippen molar-refractivity contribution in [3.63, 3.8) is 0 Å². The van der Waals surface area contributed by atoms with Gasteiger partial charge in [-0.1, -0.05) is 200 Å². The standard InChI is InChI=1S/C58H92O6/c1-4-7-10-13-16-18-20-22-24-26-28-29-31-32-34-36-38-40-42-45-48-51-57(60)63-54-55(53-62-56(59)50-47-44-15-12-9-6-3)64-58(61)52-49-46-43-41-39-37-35-33-30-27-25-23-21-19-17-14-11-8-5-2/h7-8,10-11,16-19,22-25,28-30,32-34,37,39,55H,4-6,9,12-15,20-21,26-27,31,35-36,38,40-54H2,1-3H3/b10-7-,11-8-,18-16-,19-17-,24-22-,25-23-,29-28-,33-30-,34-32-,39-37-. The van der Waals surface area contributed by atoms with Gasteiger partial charge in [0.1, 0.15) is 13.2 Å². The first-order valence-electron chi connectivity index (χ1n) is 25.5. The summed E-state index contributed by atoms with van der Waals surface area (Å²) in [6.07, 6.45) is 70.6. The Labute approximate surface area is 392 Å². The molecule has 0 rings (SSSR count). The molecule has 0 aromatic heterocycles. The van der Waals surface area contributed by atoms with Crippen LogP contribution in [0.5, 0.6) is 0 Å². The van der Waals surface area contributed by atoms with Crippen LogP contribution < -0.4 is 0 Å². The topological polar surface area (TPSA) is 78.9 Å². The first-order valence-corrected chi connectivity index (χ1v) is 25.5. The Balaban J connectivity index is 4.35. The highest BCUT2D eigenvalue weighted by molar-refractivity contribution is 5.71. The van der Waals surface area contributed by atoms with Crippen LogP contribution >= 0.6 is 0 Å². The lowest BCUT2D eigenvalue weighted by molar-refractivity contribution is -0.167. The number of allylic oxidation sites excluding steroid dienone is 20. The van der Waals surface area contributed by atoms with E-state index in [4.69, 9.17) is 14.2 Å². The minimum absolute atomic E-state index is 0.102. The highest BCUT2D eigenvalue weighted by Crippen LogP contribution is 2.12. The normalized spacial score (nSPS) is 13.1. The molecule has 1 atom stereocenters. The van der Waals surface area contributed by atoms with Gasteiger partial charge < -0.3 is 14.2 Å². The number of ether oxygens (including phenoxy) is 3. The van der Waals surface area contributed by atoms with Crippen LogP contribution in [-0.4, -0.2) is 37.2 Å². The lowest BCUT2D eigenvalue weighted by Gasteiger charge is -2.18. The number of hydrogen-bond donors (Lipinski definition) is 0. The van der Waals surface area contributed by atoms with Crippen molar-refractivity contribution in [2.24, 2.45) is 0 Å². The van der Waals surface area contributed by atoms with Gasteiger partial charge in [0, 0.05) is 19.3 Å². The van der Waals surface area contributed by atoms with Gasteiger partial charge in [-0.05, 0) is 109 Å². The summed E-state index contributed by atoms with van der Waals surface area (Å²) in [4.78, 5) is 37.8. The largest absolute Gasteiger partial charge is 0.462 e. The lowest BCUT2D eigenvalue weighted by atomic mass is 10.1. The molecule has 0 aliphatic heterocycles. The molecule has 6 nitrogen and oxygen atoms in total. The minimum Gasteiger partial charge on any atom is -0.462 e. The van der Waals surface area contributed by atoms with Gasteiger partial charge in [0.05, 0.1) is 0 Å². The number of esters is 3. The lowest BCUT2D eigenvalue weighted by Crippen LogP contribution is -2.30. The summed E-state index contributed by atoms with van der Waals surface area (Å²) < 4.78 is 16.7. The van der Waals surface area contributed by atoms with Gasteiger partial charge in [-0.15, -0.1) is 0 Å². The fourth-order valence-corrected chi connectivity index (χ4v) is 6.43. The molecule has 0 N–H and O–H groups in total. The summed E-state index contributed by atoms with van der Waals surface area (Å²) in [5, 5.41) is 0. The van der Waals surface area contributed by atoms with E-state index in [0.717, 1.165) is 148 Å². The van der Waals surface area contributed by atoms with Crippen LogP contribution in [0.2, 0.25) is 0 Å². The smallest absolute Gasteiger partial charge is 0.306 e. The Morgan fingerprint density at radius 1 is 0.328 bits per heavy atom. The number of rotatable bonds is 44. The van der Waals surface area contributed by atoms with E-state index in [1.807, 2.05) is 0 Å². The maximum atomic E-state index is 12.7. The highest BCUT2D eigenvalue weighted by Gasteiger charge is 2.19. The van der Waals surface area contributed by atoms with Crippen LogP contribution in [0, 0.1) is 0 Å². The summed E-state index contributed by atoms with van der Waals surface area (Å²) in [5.74, 6) is -0.972. The zero-order valence-corrected chi connectivity index (χ0v) is 41.0. The summed E-state index contributed by atoms with van der Waals surface area (Å²) in [5.41, 5.74) is 0. The van der Waals surface area contributed by atoms with Gasteiger partial charge in [-0.3, -0.25) is 14.4 Å². The van der Waals surface area contributed by atoms with Crippen molar-refractivity contribution >= 4 is 17.9 Å². The van der Waals surface area contributed by atoms with Crippen LogP contribution in [0.25, 0.3) is 0 Å². The zero-order chi connectivity index (χ0) is 46.5. The van der Waals surface area contributed by atoms with Crippen molar-refractivity contribution in [1.29, 1.82) is 0 Å². The zero-order valence-electron chi connectivity index (χ0n) is 41.0. The molecule has 1 unspecified atom stereocenters. The molecule has 0 radical (unpaired) electrons. The summed E-state index contributed by atoms with van der Waals surface area (Å²) in [7, 11) is 0. The van der Waals surface area contributed by atoms with Gasteiger partial charge >= 0.3 is 17.9 Å². The van der Waals surface area contributed by atoms with Gasteiger partial charge in [-0.2, -0.15) is 0 Å². The first kappa shape index (κ1) is 59.8. The molecular formula is C58H92O6. The van der Waals surface area contributed by atoms with Crippen LogP contribution in [0.15, 0.2) is 122 Å². The van der Waals surface area contributed by atoms with E-state index in [1.54, 1.807) is 0 Å². The molecular weight excluding hydrogens is 793 g/mol. The second kappa shape index (κ2) is 51.4. The number of carbonyl (C=O) groups is 3. The summed E-state index contributed by atoms with van der Waals surface area (Å²) >= 11 is 0. The van der Waals surface area contributed by atoms with E-state index in [0.29, 0.717) is 12.8 Å². The van der Waals surface area contributed by atoms with Crippen molar-refractivity contribution < 1.29 is 28.6 Å². The van der Waals surface area contributed by atoms with Gasteiger partial charge in [-0.25, -0.2) is 0 Å². The predicted molar refractivity (Wildman–Crippen MR) is 274 cm³/mol. The van der Waals surface area contributed by atoms with Crippen LogP contribution in [0.3, 0.4) is 0 Å². The van der Waals surface area contributed by atoms with Gasteiger partial charge in [0.15, 0.2) is 6.10 Å². The Kier molecular flexibility index (Phi) is 48.1. The van der Waals surface area contributed by atoms with E-state index >= 15 is 0 Å². The molecule has 0 amide bonds. The van der Waals surface area contributed by atoms with E-state index in [2.05, 4.69) is 142 Å². The molecule has 0 fully saturated rings. The van der Waals surface area contributed by atoms with Crippen molar-refractivity contribution in [2.75, 3.05) is 13.2 Å². The Hall–Kier alpha value is -4.19. The minimum atomic E-state index is -0.804. The predicted octanol–water partition coefficient (Wildman–Crippen LogP) is 16.9. The molecule has 0 bridgehead atoms. The van der Waals surface area contributed by atoms with E-state index in [1.165, 1.54) is 19.3 Å². The van der Waals surface area contributed by atoms with Crippen LogP contribution in [0.4, 0.5) is 0 Å². The number of unbranched alkanes of at least 4 members (excludes halogenated alkanes) is 13. The molecule has 6 heteroatoms. The third kappa shape index (κ3) is 48.8. The molecule has 64 heavy (non-hydrogen) atoms. The average molecular weight is 885 g/mol. The van der Waals surface area contributed by atoms with E-state index < -0.39 is 6.10 Å². The van der Waals surface area contributed by atoms with E-state index in [9.17, 15) is 14.4 Å². The molecule has 0 spiro atoms. The molecule has 0 heterocycles. The molecule has 0 saturated carbocycles. The third-order valence-corrected chi connectivity index (χ3v) is 10.2. The molecule has 0 aromatic rings. The fraction of sp³-hybridized carbons (Fsp3) is 0.603. The van der Waals surface area contributed by atoms with Gasteiger partial charge in [0.25, 0.3) is 0 Å². The third-order valence-electron chi connectivity index (χ3n) is 10.2. The summed E-state index contributed by atoms with van der Waals surface area (Å²) in [6, 6.07) is 0. The second-order valence-corrected chi connectivity index (χ2v) is 16.3.